The number of methoxy groups -OCH3 is 1. The van der Waals surface area contributed by atoms with Crippen molar-refractivity contribution in [3.63, 3.8) is 0 Å². The van der Waals surface area contributed by atoms with E-state index < -0.39 is 10.0 Å². The molecule has 0 bridgehead atoms. The molecule has 0 atom stereocenters. The molecule has 2 rings (SSSR count). The third kappa shape index (κ3) is 3.78. The molecule has 1 saturated heterocycles. The molecule has 0 unspecified atom stereocenters. The molecule has 0 aromatic heterocycles. The number of aryl methyl sites for hydroxylation is 1. The predicted molar refractivity (Wildman–Crippen MR) is 85.8 cm³/mol. The van der Waals surface area contributed by atoms with Gasteiger partial charge in [0.2, 0.25) is 10.0 Å². The van der Waals surface area contributed by atoms with Gasteiger partial charge in [-0.3, -0.25) is 9.10 Å². The number of nitrogens with one attached hydrogen (secondary N) is 1. The van der Waals surface area contributed by atoms with Crippen LogP contribution in [0.15, 0.2) is 18.2 Å². The summed E-state index contributed by atoms with van der Waals surface area (Å²) in [5.74, 6) is -0.000645. The number of carbonyl (C=O) groups excluding carboxylic acids is 1. The summed E-state index contributed by atoms with van der Waals surface area (Å²) in [6, 6.07) is 5.10. The van der Waals surface area contributed by atoms with Crippen LogP contribution in [0.1, 0.15) is 28.8 Å². The van der Waals surface area contributed by atoms with E-state index in [1.807, 2.05) is 6.92 Å². The Labute approximate surface area is 131 Å². The predicted octanol–water partition coefficient (Wildman–Crippen LogP) is 1.30. The van der Waals surface area contributed by atoms with Gasteiger partial charge in [-0.25, -0.2) is 8.42 Å². The zero-order chi connectivity index (χ0) is 16.2. The highest BCUT2D eigenvalue weighted by Gasteiger charge is 2.27. The highest BCUT2D eigenvalue weighted by Crippen LogP contribution is 2.27. The average Bonchev–Trinajstić information content (AvgIpc) is 2.47. The van der Waals surface area contributed by atoms with Crippen molar-refractivity contribution in [1.29, 1.82) is 0 Å². The maximum absolute atomic E-state index is 12.2. The first-order valence-electron chi connectivity index (χ1n) is 7.34. The first-order valence-corrected chi connectivity index (χ1v) is 8.95. The summed E-state index contributed by atoms with van der Waals surface area (Å²) in [5.41, 5.74) is 1.96. The van der Waals surface area contributed by atoms with Crippen molar-refractivity contribution in [2.24, 2.45) is 0 Å². The van der Waals surface area contributed by atoms with Crippen molar-refractivity contribution in [3.05, 3.63) is 29.3 Å². The van der Waals surface area contributed by atoms with Gasteiger partial charge in [0.1, 0.15) is 0 Å². The van der Waals surface area contributed by atoms with Gasteiger partial charge in [-0.15, -0.1) is 0 Å². The van der Waals surface area contributed by atoms with Gasteiger partial charge in [0.25, 0.3) is 5.91 Å². The molecular weight excluding hydrogens is 304 g/mol. The van der Waals surface area contributed by atoms with E-state index in [-0.39, 0.29) is 11.7 Å². The number of hydrogen-bond acceptors (Lipinski definition) is 4. The maximum Gasteiger partial charge on any atom is 0.251 e. The number of nitrogens with zero attached hydrogens (tertiary/aromatic N) is 1. The Hall–Kier alpha value is -1.60. The van der Waals surface area contributed by atoms with E-state index in [0.717, 1.165) is 12.0 Å². The van der Waals surface area contributed by atoms with Gasteiger partial charge < -0.3 is 10.1 Å². The van der Waals surface area contributed by atoms with Crippen molar-refractivity contribution in [1.82, 2.24) is 5.32 Å². The Morgan fingerprint density at radius 1 is 1.36 bits per heavy atom. The molecule has 1 aromatic rings. The first kappa shape index (κ1) is 16.8. The Bertz CT molecular complexity index is 643. The van der Waals surface area contributed by atoms with Crippen molar-refractivity contribution in [2.45, 2.75) is 19.8 Å². The van der Waals surface area contributed by atoms with Crippen LogP contribution >= 0.6 is 0 Å². The molecule has 0 saturated carbocycles. The Morgan fingerprint density at radius 2 is 2.14 bits per heavy atom. The van der Waals surface area contributed by atoms with Crippen LogP contribution in [-0.2, 0) is 14.8 Å². The number of benzene rings is 1. The topological polar surface area (TPSA) is 75.7 Å². The highest BCUT2D eigenvalue weighted by atomic mass is 32.2. The summed E-state index contributed by atoms with van der Waals surface area (Å²) in [7, 11) is -1.66. The van der Waals surface area contributed by atoms with Crippen LogP contribution in [0.2, 0.25) is 0 Å². The van der Waals surface area contributed by atoms with E-state index in [1.165, 1.54) is 4.31 Å². The summed E-state index contributed by atoms with van der Waals surface area (Å²) in [6.07, 6.45) is 1.57. The highest BCUT2D eigenvalue weighted by molar-refractivity contribution is 7.92. The zero-order valence-corrected chi connectivity index (χ0v) is 13.8. The van der Waals surface area contributed by atoms with Gasteiger partial charge in [0.05, 0.1) is 18.0 Å². The fraction of sp³-hybridized carbons (Fsp3) is 0.533. The lowest BCUT2D eigenvalue weighted by Gasteiger charge is -2.29. The van der Waals surface area contributed by atoms with Crippen molar-refractivity contribution < 1.29 is 17.9 Å². The number of carbonyl (C=O) groups is 1. The Balaban J connectivity index is 2.17. The fourth-order valence-electron chi connectivity index (χ4n) is 2.50. The van der Waals surface area contributed by atoms with Gasteiger partial charge in [-0.05, 0) is 43.5 Å². The standard InChI is InChI=1S/C15H22N2O4S/c1-12-11-13(15(18)16-7-9-21-2)5-6-14(12)17-8-3-4-10-22(17,19)20/h5-6,11H,3-4,7-10H2,1-2H3,(H,16,18). The van der Waals surface area contributed by atoms with Gasteiger partial charge in [0, 0.05) is 25.8 Å². The number of hydrogen-bond donors (Lipinski definition) is 1. The molecule has 1 amide bonds. The van der Waals surface area contributed by atoms with Gasteiger partial charge in [-0.1, -0.05) is 0 Å². The molecule has 122 valence electrons. The maximum atomic E-state index is 12.2. The second-order valence-corrected chi connectivity index (χ2v) is 7.36. The Kier molecular flexibility index (Phi) is 5.42. The SMILES string of the molecule is COCCNC(=O)c1ccc(N2CCCCS2(=O)=O)c(C)c1. The summed E-state index contributed by atoms with van der Waals surface area (Å²) < 4.78 is 30.7. The summed E-state index contributed by atoms with van der Waals surface area (Å²) >= 11 is 0. The largest absolute Gasteiger partial charge is 0.383 e. The smallest absolute Gasteiger partial charge is 0.251 e. The minimum atomic E-state index is -3.23. The van der Waals surface area contributed by atoms with Crippen LogP contribution in [0, 0.1) is 6.92 Å². The van der Waals surface area contributed by atoms with Gasteiger partial charge >= 0.3 is 0 Å². The van der Waals surface area contributed by atoms with E-state index >= 15 is 0 Å². The minimum absolute atomic E-state index is 0.186. The fourth-order valence-corrected chi connectivity index (χ4v) is 4.21. The number of anilines is 1. The lowest BCUT2D eigenvalue weighted by Crippen LogP contribution is -2.38. The monoisotopic (exact) mass is 326 g/mol. The van der Waals surface area contributed by atoms with Gasteiger partial charge in [-0.2, -0.15) is 0 Å². The molecule has 6 nitrogen and oxygen atoms in total. The molecule has 0 spiro atoms. The molecule has 1 aliphatic rings. The van der Waals surface area contributed by atoms with Crippen LogP contribution < -0.4 is 9.62 Å². The lowest BCUT2D eigenvalue weighted by atomic mass is 10.1. The normalized spacial score (nSPS) is 17.3. The van der Waals surface area contributed by atoms with Crippen LogP contribution in [0.25, 0.3) is 0 Å². The second-order valence-electron chi connectivity index (χ2n) is 5.35. The average molecular weight is 326 g/mol. The molecule has 1 aliphatic heterocycles. The van der Waals surface area contributed by atoms with Crippen LogP contribution in [0.3, 0.4) is 0 Å². The lowest BCUT2D eigenvalue weighted by molar-refractivity contribution is 0.0937. The number of sulfonamides is 1. The molecule has 1 fully saturated rings. The molecule has 1 heterocycles. The second kappa shape index (κ2) is 7.11. The molecular formula is C15H22N2O4S. The number of ether oxygens (including phenoxy) is 1. The zero-order valence-electron chi connectivity index (χ0n) is 13.0. The quantitative estimate of drug-likeness (QED) is 0.828. The minimum Gasteiger partial charge on any atom is -0.383 e. The van der Waals surface area contributed by atoms with Crippen molar-refractivity contribution in [3.8, 4) is 0 Å². The van der Waals surface area contributed by atoms with E-state index in [1.54, 1.807) is 25.3 Å². The summed E-state index contributed by atoms with van der Waals surface area (Å²) in [6.45, 7) is 3.22. The molecule has 7 heteroatoms. The Morgan fingerprint density at radius 3 is 2.77 bits per heavy atom. The summed E-state index contributed by atoms with van der Waals surface area (Å²) in [5, 5.41) is 2.75. The molecule has 0 aliphatic carbocycles. The van der Waals surface area contributed by atoms with Crippen LogP contribution in [-0.4, -0.2) is 46.9 Å². The van der Waals surface area contributed by atoms with Crippen molar-refractivity contribution in [2.75, 3.05) is 36.9 Å². The summed E-state index contributed by atoms with van der Waals surface area (Å²) in [4.78, 5) is 12.0. The molecule has 1 N–H and O–H groups in total. The molecule has 0 radical (unpaired) electrons. The van der Waals surface area contributed by atoms with E-state index in [0.29, 0.717) is 37.4 Å². The number of amides is 1. The third-order valence-corrected chi connectivity index (χ3v) is 5.52. The first-order chi connectivity index (χ1) is 10.5. The molecule has 22 heavy (non-hydrogen) atoms. The van der Waals surface area contributed by atoms with Crippen LogP contribution in [0.4, 0.5) is 5.69 Å². The van der Waals surface area contributed by atoms with E-state index in [4.69, 9.17) is 4.74 Å². The van der Waals surface area contributed by atoms with E-state index in [9.17, 15) is 13.2 Å². The van der Waals surface area contributed by atoms with Crippen molar-refractivity contribution >= 4 is 21.6 Å². The van der Waals surface area contributed by atoms with E-state index in [2.05, 4.69) is 5.32 Å². The number of rotatable bonds is 5. The third-order valence-electron chi connectivity index (χ3n) is 3.67. The molecule has 1 aromatic carbocycles. The van der Waals surface area contributed by atoms with Gasteiger partial charge in [0.15, 0.2) is 0 Å². The van der Waals surface area contributed by atoms with Crippen LogP contribution in [0.5, 0.6) is 0 Å².